The number of pyridine rings is 1. The lowest BCUT2D eigenvalue weighted by Crippen LogP contribution is -2.35. The molecule has 0 N–H and O–H groups in total. The van der Waals surface area contributed by atoms with Crippen LogP contribution in [0.1, 0.15) is 25.1 Å². The van der Waals surface area contributed by atoms with E-state index in [9.17, 15) is 0 Å². The minimum atomic E-state index is 0.329. The number of benzene rings is 2. The number of aryl methyl sites for hydroxylation is 2. The number of fused-ring (bicyclic) bond motifs is 3. The predicted octanol–water partition coefficient (Wildman–Crippen LogP) is 5.86. The zero-order chi connectivity index (χ0) is 20.3. The maximum atomic E-state index is 8.70. The number of hydrogen-bond donors (Lipinski definition) is 0. The van der Waals surface area contributed by atoms with Crippen LogP contribution < -0.4 is 4.57 Å². The molecule has 0 bridgehead atoms. The minimum Gasteiger partial charge on any atom is -0.466 e. The van der Waals surface area contributed by atoms with E-state index in [-0.39, 0.29) is 0 Å². The Bertz CT molecular complexity index is 1310. The quantitative estimate of drug-likeness (QED) is 0.313. The van der Waals surface area contributed by atoms with Crippen LogP contribution >= 0.6 is 0 Å². The van der Waals surface area contributed by atoms with E-state index in [1.165, 1.54) is 0 Å². The molecule has 4 aromatic rings. The van der Waals surface area contributed by atoms with Crippen LogP contribution in [0.25, 0.3) is 38.0 Å². The van der Waals surface area contributed by atoms with Gasteiger partial charge < -0.3 is 4.42 Å². The van der Waals surface area contributed by atoms with Crippen LogP contribution in [-0.2, 0) is 7.05 Å². The molecule has 0 unspecified atom stereocenters. The molecule has 26 heavy (non-hydrogen) atoms. The normalized spacial score (nSPS) is 12.3. The van der Waals surface area contributed by atoms with Gasteiger partial charge in [0.2, 0.25) is 11.4 Å². The number of aromatic nitrogens is 1. The number of nitrogens with zero attached hydrogens (tertiary/aromatic N) is 2. The van der Waals surface area contributed by atoms with E-state index in [1.54, 1.807) is 0 Å². The topological polar surface area (TPSA) is 21.4 Å². The molecule has 0 saturated carbocycles. The Balaban J connectivity index is 2.23. The molecular weight excluding hydrogens is 320 g/mol. The highest BCUT2D eigenvalue weighted by Crippen LogP contribution is 2.41. The van der Waals surface area contributed by atoms with Gasteiger partial charge in [-0.05, 0) is 37.5 Å². The largest absolute Gasteiger partial charge is 0.466 e. The standard InChI is InChI=1S/C23H21N2O/c1-13-11-16(4)25(6)19(12-13)20-14(2)7-9-17-18-10-8-15(3)21(24-5)23(18)26-22(17)20/h7-12H,1-4,6H3/q+1/i11D,12D. The SMILES string of the molecule is [2H]c1c(C)c([2H])c(-c2c(C)ccc3c2oc2c([N+]#[C-])c(C)ccc23)[n+](C)c1C. The maximum absolute atomic E-state index is 8.70. The molecule has 0 aliphatic heterocycles. The first-order chi connectivity index (χ1) is 13.3. The fourth-order valence-electron chi connectivity index (χ4n) is 3.57. The summed E-state index contributed by atoms with van der Waals surface area (Å²) < 4.78 is 25.1. The molecule has 0 radical (unpaired) electrons. The number of rotatable bonds is 1. The van der Waals surface area contributed by atoms with Crippen molar-refractivity contribution in [2.75, 3.05) is 0 Å². The highest BCUT2D eigenvalue weighted by atomic mass is 16.3. The first kappa shape index (κ1) is 14.1. The lowest BCUT2D eigenvalue weighted by atomic mass is 9.99. The Kier molecular flexibility index (Phi) is 3.09. The van der Waals surface area contributed by atoms with Gasteiger partial charge in [-0.25, -0.2) is 4.85 Å². The Labute approximate surface area is 156 Å². The number of furan rings is 1. The van der Waals surface area contributed by atoms with E-state index in [0.717, 1.165) is 38.9 Å². The van der Waals surface area contributed by atoms with Crippen molar-refractivity contribution in [3.63, 3.8) is 0 Å². The first-order valence-electron chi connectivity index (χ1n) is 9.57. The highest BCUT2D eigenvalue weighted by Gasteiger charge is 2.23. The molecule has 0 spiro atoms. The second-order valence-electron chi connectivity index (χ2n) is 6.82. The first-order valence-corrected chi connectivity index (χ1v) is 8.57. The summed E-state index contributed by atoms with van der Waals surface area (Å²) in [4.78, 5) is 3.68. The molecule has 0 saturated heterocycles. The van der Waals surface area contributed by atoms with Crippen LogP contribution in [0.3, 0.4) is 0 Å². The smallest absolute Gasteiger partial charge is 0.232 e. The third-order valence-electron chi connectivity index (χ3n) is 5.05. The van der Waals surface area contributed by atoms with Crippen molar-refractivity contribution in [2.45, 2.75) is 27.7 Å². The second kappa shape index (κ2) is 5.71. The molecular formula is C23H21N2O+. The highest BCUT2D eigenvalue weighted by molar-refractivity contribution is 6.13. The lowest BCUT2D eigenvalue weighted by Gasteiger charge is -2.08. The summed E-state index contributed by atoms with van der Waals surface area (Å²) in [6.07, 6.45) is 0. The van der Waals surface area contributed by atoms with Gasteiger partial charge in [0, 0.05) is 29.8 Å². The van der Waals surface area contributed by atoms with Gasteiger partial charge in [0.1, 0.15) is 18.2 Å². The average Bonchev–Trinajstić information content (AvgIpc) is 3.05. The molecule has 2 aromatic heterocycles. The molecule has 2 heterocycles. The van der Waals surface area contributed by atoms with Gasteiger partial charge in [-0.2, -0.15) is 4.57 Å². The van der Waals surface area contributed by atoms with Gasteiger partial charge in [-0.3, -0.25) is 0 Å². The van der Waals surface area contributed by atoms with Crippen molar-refractivity contribution >= 4 is 27.6 Å². The summed E-state index contributed by atoms with van der Waals surface area (Å²) >= 11 is 0. The van der Waals surface area contributed by atoms with Crippen LogP contribution in [0, 0.1) is 34.3 Å². The van der Waals surface area contributed by atoms with Gasteiger partial charge in [0.05, 0.1) is 14.9 Å². The van der Waals surface area contributed by atoms with Crippen LogP contribution in [0.5, 0.6) is 0 Å². The van der Waals surface area contributed by atoms with Crippen molar-refractivity contribution in [3.05, 3.63) is 70.2 Å². The van der Waals surface area contributed by atoms with Crippen LogP contribution in [0.4, 0.5) is 5.69 Å². The molecule has 3 heteroatoms. The molecule has 0 aliphatic rings. The van der Waals surface area contributed by atoms with E-state index in [2.05, 4.69) is 4.85 Å². The predicted molar refractivity (Wildman–Crippen MR) is 106 cm³/mol. The van der Waals surface area contributed by atoms with E-state index in [4.69, 9.17) is 13.7 Å². The molecule has 4 rings (SSSR count). The molecule has 0 aliphatic carbocycles. The van der Waals surface area contributed by atoms with Gasteiger partial charge >= 0.3 is 0 Å². The minimum absolute atomic E-state index is 0.329. The summed E-state index contributed by atoms with van der Waals surface area (Å²) in [5, 5.41) is 1.85. The molecule has 3 nitrogen and oxygen atoms in total. The van der Waals surface area contributed by atoms with E-state index in [0.29, 0.717) is 34.5 Å². The van der Waals surface area contributed by atoms with E-state index < -0.39 is 0 Å². The zero-order valence-electron chi connectivity index (χ0n) is 17.6. The van der Waals surface area contributed by atoms with Crippen molar-refractivity contribution < 1.29 is 11.7 Å². The summed E-state index contributed by atoms with van der Waals surface area (Å²) in [6.45, 7) is 15.2. The van der Waals surface area contributed by atoms with Gasteiger partial charge in [0.25, 0.3) is 0 Å². The monoisotopic (exact) mass is 343 g/mol. The Morgan fingerprint density at radius 2 is 1.62 bits per heavy atom. The average molecular weight is 343 g/mol. The fourth-order valence-corrected chi connectivity index (χ4v) is 3.57. The summed E-state index contributed by atoms with van der Waals surface area (Å²) in [5.41, 5.74) is 6.72. The molecule has 0 atom stereocenters. The molecule has 128 valence electrons. The fraction of sp³-hybridized carbons (Fsp3) is 0.217. The number of hydrogen-bond acceptors (Lipinski definition) is 1. The van der Waals surface area contributed by atoms with E-state index in [1.807, 2.05) is 63.6 Å². The zero-order valence-corrected chi connectivity index (χ0v) is 15.6. The summed E-state index contributed by atoms with van der Waals surface area (Å²) in [6, 6.07) is 8.71. The summed E-state index contributed by atoms with van der Waals surface area (Å²) in [5.74, 6) is 0. The molecule has 0 amide bonds. The van der Waals surface area contributed by atoms with Crippen molar-refractivity contribution in [2.24, 2.45) is 7.05 Å². The lowest BCUT2D eigenvalue weighted by molar-refractivity contribution is -0.666. The van der Waals surface area contributed by atoms with Crippen LogP contribution in [-0.4, -0.2) is 0 Å². The maximum Gasteiger partial charge on any atom is 0.232 e. The van der Waals surface area contributed by atoms with Crippen LogP contribution in [0.15, 0.2) is 40.8 Å². The molecule has 0 fully saturated rings. The van der Waals surface area contributed by atoms with Crippen molar-refractivity contribution in [1.29, 1.82) is 0 Å². The van der Waals surface area contributed by atoms with E-state index >= 15 is 0 Å². The third-order valence-corrected chi connectivity index (χ3v) is 5.05. The Morgan fingerprint density at radius 1 is 0.962 bits per heavy atom. The van der Waals surface area contributed by atoms with Gasteiger partial charge in [0.15, 0.2) is 5.69 Å². The van der Waals surface area contributed by atoms with Gasteiger partial charge in [-0.15, -0.1) is 0 Å². The van der Waals surface area contributed by atoms with Crippen LogP contribution in [0.2, 0.25) is 0 Å². The van der Waals surface area contributed by atoms with Gasteiger partial charge in [-0.1, -0.05) is 24.3 Å². The summed E-state index contributed by atoms with van der Waals surface area (Å²) in [7, 11) is 1.88. The second-order valence-corrected chi connectivity index (χ2v) is 6.82. The van der Waals surface area contributed by atoms with Crippen molar-refractivity contribution in [3.8, 4) is 11.3 Å². The Morgan fingerprint density at radius 3 is 2.31 bits per heavy atom. The van der Waals surface area contributed by atoms with Crippen molar-refractivity contribution in [1.82, 2.24) is 0 Å². The Hall–Kier alpha value is -3.12. The molecule has 2 aromatic carbocycles. The third kappa shape index (κ3) is 2.23.